The molecule has 186 valence electrons. The van der Waals surface area contributed by atoms with Crippen LogP contribution in [0.25, 0.3) is 5.69 Å². The summed E-state index contributed by atoms with van der Waals surface area (Å²) >= 11 is 1.27. The highest BCUT2D eigenvalue weighted by atomic mass is 32.2. The van der Waals surface area contributed by atoms with Crippen molar-refractivity contribution in [1.82, 2.24) is 14.8 Å². The zero-order chi connectivity index (χ0) is 25.7. The quantitative estimate of drug-likeness (QED) is 0.298. The minimum atomic E-state index is -3.64. The Hall–Kier alpha value is -3.43. The number of anilines is 1. The lowest BCUT2D eigenvalue weighted by Crippen LogP contribution is -2.25. The van der Waals surface area contributed by atoms with E-state index in [0.29, 0.717) is 11.6 Å². The molecule has 0 saturated heterocycles. The van der Waals surface area contributed by atoms with Gasteiger partial charge in [0.15, 0.2) is 20.8 Å². The summed E-state index contributed by atoms with van der Waals surface area (Å²) in [6, 6.07) is 23.6. The number of aryl methyl sites for hydroxylation is 2. The van der Waals surface area contributed by atoms with Gasteiger partial charge in [0.25, 0.3) is 0 Å². The maximum absolute atomic E-state index is 13.2. The van der Waals surface area contributed by atoms with E-state index < -0.39 is 15.1 Å². The average molecular weight is 521 g/mol. The third-order valence-electron chi connectivity index (χ3n) is 5.70. The Labute approximate surface area is 215 Å². The number of carbonyl (C=O) groups excluding carboxylic acids is 1. The summed E-state index contributed by atoms with van der Waals surface area (Å²) in [4.78, 5) is 13.4. The number of rotatable bonds is 9. The number of para-hydroxylation sites is 1. The first-order valence-electron chi connectivity index (χ1n) is 11.6. The van der Waals surface area contributed by atoms with E-state index in [1.54, 1.807) is 34.9 Å². The number of amides is 1. The molecule has 0 aliphatic heterocycles. The number of aromatic nitrogens is 3. The van der Waals surface area contributed by atoms with E-state index in [0.717, 1.165) is 22.5 Å². The first-order valence-corrected chi connectivity index (χ1v) is 14.1. The molecule has 1 unspecified atom stereocenters. The first-order chi connectivity index (χ1) is 17.3. The third-order valence-corrected chi connectivity index (χ3v) is 8.63. The van der Waals surface area contributed by atoms with Crippen LogP contribution >= 0.6 is 11.8 Å². The van der Waals surface area contributed by atoms with Crippen molar-refractivity contribution in [3.8, 4) is 5.69 Å². The van der Waals surface area contributed by atoms with E-state index in [9.17, 15) is 13.2 Å². The van der Waals surface area contributed by atoms with Crippen molar-refractivity contribution < 1.29 is 13.2 Å². The Kier molecular flexibility index (Phi) is 7.91. The van der Waals surface area contributed by atoms with E-state index in [1.165, 1.54) is 11.8 Å². The summed E-state index contributed by atoms with van der Waals surface area (Å²) in [6.07, 6.45) is 0.556. The number of benzene rings is 3. The minimum Gasteiger partial charge on any atom is -0.325 e. The van der Waals surface area contributed by atoms with Gasteiger partial charge < -0.3 is 5.32 Å². The van der Waals surface area contributed by atoms with Gasteiger partial charge in [-0.2, -0.15) is 0 Å². The van der Waals surface area contributed by atoms with Crippen molar-refractivity contribution in [1.29, 1.82) is 0 Å². The highest BCUT2D eigenvalue weighted by Crippen LogP contribution is 2.30. The fourth-order valence-electron chi connectivity index (χ4n) is 3.72. The number of hydrogen-bond donors (Lipinski definition) is 1. The topological polar surface area (TPSA) is 93.9 Å². The fraction of sp³-hybridized carbons (Fsp3) is 0.222. The van der Waals surface area contributed by atoms with Gasteiger partial charge in [-0.15, -0.1) is 10.2 Å². The fourth-order valence-corrected chi connectivity index (χ4v) is 5.98. The van der Waals surface area contributed by atoms with Crippen molar-refractivity contribution in [2.45, 2.75) is 48.2 Å². The van der Waals surface area contributed by atoms with Crippen LogP contribution in [0.4, 0.5) is 5.69 Å². The van der Waals surface area contributed by atoms with E-state index in [-0.39, 0.29) is 22.4 Å². The summed E-state index contributed by atoms with van der Waals surface area (Å²) in [5.74, 6) is -0.167. The predicted octanol–water partition coefficient (Wildman–Crippen LogP) is 5.37. The normalized spacial score (nSPS) is 12.3. The molecule has 4 aromatic rings. The summed E-state index contributed by atoms with van der Waals surface area (Å²) in [5, 5.41) is 11.6. The van der Waals surface area contributed by atoms with Crippen LogP contribution in [0.1, 0.15) is 30.3 Å². The number of thioether (sulfide) groups is 1. The molecule has 0 bridgehead atoms. The molecule has 1 aromatic heterocycles. The second-order valence-electron chi connectivity index (χ2n) is 8.46. The Balaban J connectivity index is 1.65. The molecule has 9 heteroatoms. The van der Waals surface area contributed by atoms with Crippen molar-refractivity contribution >= 4 is 33.2 Å². The minimum absolute atomic E-state index is 0.141. The van der Waals surface area contributed by atoms with Crippen LogP contribution in [0.15, 0.2) is 88.9 Å². The predicted molar refractivity (Wildman–Crippen MR) is 143 cm³/mol. The molecule has 0 saturated carbocycles. The molecule has 0 aliphatic carbocycles. The molecule has 1 N–H and O–H groups in total. The zero-order valence-corrected chi connectivity index (χ0v) is 22.0. The van der Waals surface area contributed by atoms with Gasteiger partial charge in [-0.3, -0.25) is 9.36 Å². The largest absolute Gasteiger partial charge is 0.325 e. The highest BCUT2D eigenvalue weighted by Gasteiger charge is 2.26. The molecule has 0 spiro atoms. The van der Waals surface area contributed by atoms with Gasteiger partial charge in [-0.05, 0) is 61.7 Å². The molecule has 7 nitrogen and oxygen atoms in total. The SMILES string of the molecule is CCC(Sc1nnc(CS(=O)(=O)c2ccccc2)n1-c1ccccc1)C(=O)Nc1cc(C)ccc1C. The average Bonchev–Trinajstić information content (AvgIpc) is 3.26. The molecule has 3 aromatic carbocycles. The van der Waals surface area contributed by atoms with E-state index in [4.69, 9.17) is 0 Å². The number of nitrogens with one attached hydrogen (secondary N) is 1. The van der Waals surface area contributed by atoms with Gasteiger partial charge >= 0.3 is 0 Å². The smallest absolute Gasteiger partial charge is 0.237 e. The van der Waals surface area contributed by atoms with Gasteiger partial charge in [-0.1, -0.05) is 67.2 Å². The number of nitrogens with zero attached hydrogens (tertiary/aromatic N) is 3. The Morgan fingerprint density at radius 1 is 0.972 bits per heavy atom. The van der Waals surface area contributed by atoms with Gasteiger partial charge in [0.2, 0.25) is 5.91 Å². The molecular weight excluding hydrogens is 492 g/mol. The number of hydrogen-bond acceptors (Lipinski definition) is 6. The summed E-state index contributed by atoms with van der Waals surface area (Å²) in [7, 11) is -3.64. The molecule has 0 aliphatic rings. The molecular formula is C27H28N4O3S2. The van der Waals surface area contributed by atoms with E-state index >= 15 is 0 Å². The zero-order valence-electron chi connectivity index (χ0n) is 20.4. The maximum atomic E-state index is 13.2. The monoisotopic (exact) mass is 520 g/mol. The van der Waals surface area contributed by atoms with Gasteiger partial charge in [0.05, 0.1) is 10.1 Å². The summed E-state index contributed by atoms with van der Waals surface area (Å²) < 4.78 is 27.9. The second-order valence-corrected chi connectivity index (χ2v) is 11.6. The summed E-state index contributed by atoms with van der Waals surface area (Å²) in [6.45, 7) is 5.87. The van der Waals surface area contributed by atoms with Crippen LogP contribution in [-0.2, 0) is 20.4 Å². The Morgan fingerprint density at radius 3 is 2.31 bits per heavy atom. The lowest BCUT2D eigenvalue weighted by atomic mass is 10.1. The van der Waals surface area contributed by atoms with Gasteiger partial charge in [0.1, 0.15) is 5.75 Å². The van der Waals surface area contributed by atoms with Crippen LogP contribution in [0, 0.1) is 13.8 Å². The molecule has 1 heterocycles. The highest BCUT2D eigenvalue weighted by molar-refractivity contribution is 8.00. The van der Waals surface area contributed by atoms with Crippen LogP contribution in [0.2, 0.25) is 0 Å². The van der Waals surface area contributed by atoms with Crippen LogP contribution in [0.5, 0.6) is 0 Å². The van der Waals surface area contributed by atoms with Crippen molar-refractivity contribution in [3.05, 3.63) is 95.8 Å². The van der Waals surface area contributed by atoms with Crippen LogP contribution in [0.3, 0.4) is 0 Å². The van der Waals surface area contributed by atoms with Crippen molar-refractivity contribution in [3.63, 3.8) is 0 Å². The molecule has 0 radical (unpaired) electrons. The van der Waals surface area contributed by atoms with Gasteiger partial charge in [-0.25, -0.2) is 8.42 Å². The van der Waals surface area contributed by atoms with Crippen LogP contribution < -0.4 is 5.32 Å². The number of sulfone groups is 1. The van der Waals surface area contributed by atoms with Crippen molar-refractivity contribution in [2.24, 2.45) is 0 Å². The van der Waals surface area contributed by atoms with Crippen LogP contribution in [-0.4, -0.2) is 34.3 Å². The molecule has 4 rings (SSSR count). The van der Waals surface area contributed by atoms with E-state index in [2.05, 4.69) is 15.5 Å². The second kappa shape index (κ2) is 11.1. The standard InChI is InChI=1S/C27H28N4O3S2/c1-4-24(26(32)28-23-17-19(2)15-16-20(23)3)35-27-30-29-25(31(27)21-11-7-5-8-12-21)18-36(33,34)22-13-9-6-10-14-22/h5-17,24H,4,18H2,1-3H3,(H,28,32). The maximum Gasteiger partial charge on any atom is 0.237 e. The summed E-state index contributed by atoms with van der Waals surface area (Å²) in [5.41, 5.74) is 3.55. The first kappa shape index (κ1) is 25.7. The number of carbonyl (C=O) groups is 1. The van der Waals surface area contributed by atoms with E-state index in [1.807, 2.05) is 69.3 Å². The molecule has 0 fully saturated rings. The lowest BCUT2D eigenvalue weighted by Gasteiger charge is -2.17. The Bertz CT molecular complexity index is 1450. The van der Waals surface area contributed by atoms with Gasteiger partial charge in [0, 0.05) is 11.4 Å². The lowest BCUT2D eigenvalue weighted by molar-refractivity contribution is -0.115. The van der Waals surface area contributed by atoms with Crippen molar-refractivity contribution in [2.75, 3.05) is 5.32 Å². The molecule has 1 atom stereocenters. The third kappa shape index (κ3) is 5.85. The Morgan fingerprint density at radius 2 is 1.64 bits per heavy atom. The molecule has 36 heavy (non-hydrogen) atoms. The molecule has 1 amide bonds.